The third kappa shape index (κ3) is 4.57. The van der Waals surface area contributed by atoms with E-state index < -0.39 is 0 Å². The molecule has 0 spiro atoms. The van der Waals surface area contributed by atoms with Crippen LogP contribution in [0, 0.1) is 5.92 Å². The van der Waals surface area contributed by atoms with Gasteiger partial charge in [-0.05, 0) is 44.0 Å². The van der Waals surface area contributed by atoms with E-state index in [0.29, 0.717) is 19.0 Å². The van der Waals surface area contributed by atoms with E-state index in [9.17, 15) is 4.79 Å². The Morgan fingerprint density at radius 2 is 2.00 bits per heavy atom. The van der Waals surface area contributed by atoms with Gasteiger partial charge in [0.1, 0.15) is 6.10 Å². The lowest BCUT2D eigenvalue weighted by molar-refractivity contribution is 0.0420. The van der Waals surface area contributed by atoms with Gasteiger partial charge in [-0.1, -0.05) is 19.1 Å². The molecule has 0 saturated carbocycles. The molecule has 2 fully saturated rings. The fourth-order valence-corrected chi connectivity index (χ4v) is 3.52. The molecule has 6 heteroatoms. The molecule has 0 radical (unpaired) electrons. The number of likely N-dealkylation sites (tertiary alicyclic amines) is 2. The van der Waals surface area contributed by atoms with Gasteiger partial charge in [-0.2, -0.15) is 0 Å². The molecule has 6 nitrogen and oxygen atoms in total. The molecule has 0 aliphatic carbocycles. The first-order chi connectivity index (χ1) is 12.2. The van der Waals surface area contributed by atoms with Crippen LogP contribution in [-0.2, 0) is 0 Å². The summed E-state index contributed by atoms with van der Waals surface area (Å²) in [5.41, 5.74) is 0. The minimum Gasteiger partial charge on any atom is -0.493 e. The summed E-state index contributed by atoms with van der Waals surface area (Å²) in [7, 11) is 1.63. The van der Waals surface area contributed by atoms with E-state index in [1.54, 1.807) is 12.0 Å². The molecule has 1 atom stereocenters. The molecule has 0 bridgehead atoms. The van der Waals surface area contributed by atoms with Crippen molar-refractivity contribution in [3.8, 4) is 11.5 Å². The van der Waals surface area contributed by atoms with Gasteiger partial charge in [-0.25, -0.2) is 4.79 Å². The summed E-state index contributed by atoms with van der Waals surface area (Å²) in [6.07, 6.45) is 2.47. The van der Waals surface area contributed by atoms with Crippen LogP contribution in [-0.4, -0.2) is 68.3 Å². The van der Waals surface area contributed by atoms with Gasteiger partial charge in [0.15, 0.2) is 11.5 Å². The number of piperidine rings is 1. The molecule has 1 aromatic rings. The lowest BCUT2D eigenvalue weighted by Crippen LogP contribution is -2.59. The highest BCUT2D eigenvalue weighted by Gasteiger charge is 2.33. The van der Waals surface area contributed by atoms with Crippen LogP contribution in [0.25, 0.3) is 0 Å². The number of methoxy groups -OCH3 is 1. The van der Waals surface area contributed by atoms with E-state index in [4.69, 9.17) is 9.47 Å². The van der Waals surface area contributed by atoms with Gasteiger partial charge >= 0.3 is 6.03 Å². The van der Waals surface area contributed by atoms with Gasteiger partial charge in [0.2, 0.25) is 0 Å². The van der Waals surface area contributed by atoms with Crippen LogP contribution in [0.2, 0.25) is 0 Å². The van der Waals surface area contributed by atoms with Crippen molar-refractivity contribution in [2.45, 2.75) is 25.9 Å². The first kappa shape index (κ1) is 17.9. The number of nitrogens with one attached hydrogen (secondary N) is 1. The number of para-hydroxylation sites is 2. The number of benzene rings is 1. The largest absolute Gasteiger partial charge is 0.493 e. The van der Waals surface area contributed by atoms with Gasteiger partial charge < -0.3 is 24.6 Å². The van der Waals surface area contributed by atoms with Crippen molar-refractivity contribution in [3.63, 3.8) is 0 Å². The molecule has 1 aromatic carbocycles. The summed E-state index contributed by atoms with van der Waals surface area (Å²) in [6, 6.07) is 7.63. The van der Waals surface area contributed by atoms with Crippen molar-refractivity contribution in [2.24, 2.45) is 5.92 Å². The van der Waals surface area contributed by atoms with Crippen molar-refractivity contribution < 1.29 is 14.3 Å². The number of urea groups is 1. The Morgan fingerprint density at radius 3 is 2.72 bits per heavy atom. The standard InChI is InChI=1S/C19H29N3O3/c1-3-21-10-6-7-15(12-21)11-20-19(23)22-13-16(14-22)25-18-9-5-4-8-17(18)24-2/h4-5,8-9,15-16H,3,6-7,10-14H2,1-2H3,(H,20,23). The van der Waals surface area contributed by atoms with Gasteiger partial charge in [-0.3, -0.25) is 0 Å². The van der Waals surface area contributed by atoms with Crippen LogP contribution in [0.15, 0.2) is 24.3 Å². The zero-order chi connectivity index (χ0) is 17.6. The van der Waals surface area contributed by atoms with Crippen LogP contribution < -0.4 is 14.8 Å². The summed E-state index contributed by atoms with van der Waals surface area (Å²) >= 11 is 0. The van der Waals surface area contributed by atoms with Crippen LogP contribution in [0.4, 0.5) is 4.79 Å². The summed E-state index contributed by atoms with van der Waals surface area (Å²) in [4.78, 5) is 16.5. The van der Waals surface area contributed by atoms with Crippen molar-refractivity contribution >= 4 is 6.03 Å². The summed E-state index contributed by atoms with van der Waals surface area (Å²) in [5.74, 6) is 2.03. The maximum atomic E-state index is 12.3. The van der Waals surface area contributed by atoms with Crippen LogP contribution >= 0.6 is 0 Å². The predicted molar refractivity (Wildman–Crippen MR) is 97.2 cm³/mol. The highest BCUT2D eigenvalue weighted by Crippen LogP contribution is 2.28. The lowest BCUT2D eigenvalue weighted by atomic mass is 9.98. The highest BCUT2D eigenvalue weighted by atomic mass is 16.5. The number of amides is 2. The lowest BCUT2D eigenvalue weighted by Gasteiger charge is -2.39. The smallest absolute Gasteiger partial charge is 0.317 e. The molecule has 2 aliphatic heterocycles. The fourth-order valence-electron chi connectivity index (χ4n) is 3.52. The second-order valence-electron chi connectivity index (χ2n) is 6.88. The quantitative estimate of drug-likeness (QED) is 0.857. The average Bonchev–Trinajstić information content (AvgIpc) is 2.62. The SMILES string of the molecule is CCN1CCCC(CNC(=O)N2CC(Oc3ccccc3OC)C2)C1. The summed E-state index contributed by atoms with van der Waals surface area (Å²) in [6.45, 7) is 7.59. The third-order valence-electron chi connectivity index (χ3n) is 5.09. The first-order valence-electron chi connectivity index (χ1n) is 9.24. The van der Waals surface area contributed by atoms with Crippen LogP contribution in [0.1, 0.15) is 19.8 Å². The second-order valence-corrected chi connectivity index (χ2v) is 6.88. The van der Waals surface area contributed by atoms with Gasteiger partial charge in [0.05, 0.1) is 20.2 Å². The summed E-state index contributed by atoms with van der Waals surface area (Å²) in [5, 5.41) is 3.09. The van der Waals surface area contributed by atoms with Crippen LogP contribution in [0.3, 0.4) is 0 Å². The predicted octanol–water partition coefficient (Wildman–Crippen LogP) is 2.20. The number of hydrogen-bond donors (Lipinski definition) is 1. The third-order valence-corrected chi connectivity index (χ3v) is 5.09. The number of ether oxygens (including phenoxy) is 2. The van der Waals surface area contributed by atoms with E-state index in [0.717, 1.165) is 31.1 Å². The van der Waals surface area contributed by atoms with Crippen LogP contribution in [0.5, 0.6) is 11.5 Å². The van der Waals surface area contributed by atoms with Crippen molar-refractivity contribution in [2.75, 3.05) is 46.4 Å². The van der Waals surface area contributed by atoms with E-state index >= 15 is 0 Å². The number of carbonyl (C=O) groups excluding carboxylic acids is 1. The maximum Gasteiger partial charge on any atom is 0.317 e. The molecule has 25 heavy (non-hydrogen) atoms. The minimum atomic E-state index is 0.0218. The summed E-state index contributed by atoms with van der Waals surface area (Å²) < 4.78 is 11.2. The topological polar surface area (TPSA) is 54.0 Å². The molecular weight excluding hydrogens is 318 g/mol. The fraction of sp³-hybridized carbons (Fsp3) is 0.632. The van der Waals surface area contributed by atoms with E-state index in [-0.39, 0.29) is 12.1 Å². The molecule has 1 N–H and O–H groups in total. The number of nitrogens with zero attached hydrogens (tertiary/aromatic N) is 2. The molecule has 2 amide bonds. The van der Waals surface area contributed by atoms with Gasteiger partial charge in [0.25, 0.3) is 0 Å². The molecular formula is C19H29N3O3. The molecule has 2 aliphatic rings. The number of rotatable bonds is 6. The van der Waals surface area contributed by atoms with Gasteiger partial charge in [-0.15, -0.1) is 0 Å². The molecule has 3 rings (SSSR count). The first-order valence-corrected chi connectivity index (χ1v) is 9.24. The minimum absolute atomic E-state index is 0.0218. The molecule has 2 saturated heterocycles. The Hall–Kier alpha value is -1.95. The normalized spacial score (nSPS) is 21.5. The van der Waals surface area contributed by atoms with E-state index in [1.165, 1.54) is 19.4 Å². The number of carbonyl (C=O) groups is 1. The zero-order valence-electron chi connectivity index (χ0n) is 15.2. The molecule has 138 valence electrons. The average molecular weight is 347 g/mol. The van der Waals surface area contributed by atoms with E-state index in [1.807, 2.05) is 24.3 Å². The highest BCUT2D eigenvalue weighted by molar-refractivity contribution is 5.75. The molecule has 0 aromatic heterocycles. The van der Waals surface area contributed by atoms with Crippen molar-refractivity contribution in [1.82, 2.24) is 15.1 Å². The Morgan fingerprint density at radius 1 is 1.24 bits per heavy atom. The van der Waals surface area contributed by atoms with E-state index in [2.05, 4.69) is 17.1 Å². The Labute approximate surface area is 150 Å². The Balaban J connectivity index is 1.38. The number of hydrogen-bond acceptors (Lipinski definition) is 4. The van der Waals surface area contributed by atoms with Crippen molar-refractivity contribution in [1.29, 1.82) is 0 Å². The Bertz CT molecular complexity index is 575. The molecule has 2 heterocycles. The zero-order valence-corrected chi connectivity index (χ0v) is 15.2. The van der Waals surface area contributed by atoms with Gasteiger partial charge in [0, 0.05) is 13.1 Å². The molecule has 1 unspecified atom stereocenters. The maximum absolute atomic E-state index is 12.3. The van der Waals surface area contributed by atoms with Crippen molar-refractivity contribution in [3.05, 3.63) is 24.3 Å². The monoisotopic (exact) mass is 347 g/mol. The Kier molecular flexibility index (Phi) is 6.02. The second kappa shape index (κ2) is 8.43.